The molecule has 2 aromatic heterocycles. The third-order valence-corrected chi connectivity index (χ3v) is 2.52. The van der Waals surface area contributed by atoms with Gasteiger partial charge >= 0.3 is 0 Å². The summed E-state index contributed by atoms with van der Waals surface area (Å²) in [6.45, 7) is 4.06. The Balaban J connectivity index is 2.03. The Morgan fingerprint density at radius 2 is 2.19 bits per heavy atom. The highest BCUT2D eigenvalue weighted by molar-refractivity contribution is 5.53. The molecule has 0 unspecified atom stereocenters. The lowest BCUT2D eigenvalue weighted by atomic mass is 10.0. The maximum atomic E-state index is 5.94. The van der Waals surface area contributed by atoms with E-state index in [4.69, 9.17) is 5.73 Å². The van der Waals surface area contributed by atoms with Crippen LogP contribution in [0, 0.1) is 0 Å². The van der Waals surface area contributed by atoms with E-state index in [-0.39, 0.29) is 5.54 Å². The van der Waals surface area contributed by atoms with Crippen molar-refractivity contribution >= 4 is 0 Å². The van der Waals surface area contributed by atoms with Crippen molar-refractivity contribution < 1.29 is 0 Å². The van der Waals surface area contributed by atoms with Crippen molar-refractivity contribution in [2.45, 2.75) is 32.2 Å². The smallest absolute Gasteiger partial charge is 0.106 e. The molecule has 0 saturated carbocycles. The minimum atomic E-state index is -0.139. The maximum absolute atomic E-state index is 5.94. The van der Waals surface area contributed by atoms with Crippen LogP contribution >= 0.6 is 0 Å². The first-order chi connectivity index (χ1) is 7.54. The van der Waals surface area contributed by atoms with Crippen LogP contribution < -0.4 is 5.73 Å². The summed E-state index contributed by atoms with van der Waals surface area (Å²) < 4.78 is 0. The second-order valence-corrected chi connectivity index (χ2v) is 4.82. The highest BCUT2D eigenvalue weighted by Crippen LogP contribution is 2.15. The minimum Gasteiger partial charge on any atom is -0.360 e. The van der Waals surface area contributed by atoms with Crippen LogP contribution in [0.5, 0.6) is 0 Å². The fourth-order valence-corrected chi connectivity index (χ4v) is 1.56. The Labute approximate surface area is 95.3 Å². The number of rotatable bonds is 4. The summed E-state index contributed by atoms with van der Waals surface area (Å²) in [6.07, 6.45) is 5.55. The van der Waals surface area contributed by atoms with E-state index in [1.54, 1.807) is 0 Å². The number of imidazole rings is 1. The number of nitrogens with two attached hydrogens (primary N) is 1. The quantitative estimate of drug-likeness (QED) is 0.735. The molecule has 0 radical (unpaired) electrons. The topological polar surface area (TPSA) is 70.5 Å². The largest absolute Gasteiger partial charge is 0.360 e. The molecule has 2 rings (SSSR count). The summed E-state index contributed by atoms with van der Waals surface area (Å²) in [5.41, 5.74) is 7.88. The van der Waals surface area contributed by atoms with Crippen molar-refractivity contribution in [1.82, 2.24) is 15.0 Å². The fraction of sp³-hybridized carbons (Fsp3) is 0.417. The first kappa shape index (κ1) is 11.0. The predicted molar refractivity (Wildman–Crippen MR) is 65.0 cm³/mol. The predicted octanol–water partition coefficient (Wildman–Crippen LogP) is 2.07. The fourth-order valence-electron chi connectivity index (χ4n) is 1.56. The highest BCUT2D eigenvalue weighted by atomic mass is 14.9. The summed E-state index contributed by atoms with van der Waals surface area (Å²) in [5.74, 6) is 0.989. The van der Waals surface area contributed by atoms with Gasteiger partial charge in [0.2, 0.25) is 0 Å². The molecule has 2 aromatic rings. The zero-order chi connectivity index (χ0) is 11.6. The van der Waals surface area contributed by atoms with Gasteiger partial charge in [-0.25, -0.2) is 4.98 Å². The summed E-state index contributed by atoms with van der Waals surface area (Å²) in [6, 6.07) is 3.99. The lowest BCUT2D eigenvalue weighted by Gasteiger charge is -2.16. The van der Waals surface area contributed by atoms with Gasteiger partial charge in [-0.1, -0.05) is 0 Å². The molecule has 4 heteroatoms. The van der Waals surface area contributed by atoms with Crippen LogP contribution in [-0.2, 0) is 6.42 Å². The van der Waals surface area contributed by atoms with Gasteiger partial charge in [0.15, 0.2) is 0 Å². The van der Waals surface area contributed by atoms with Crippen molar-refractivity contribution in [3.8, 4) is 11.4 Å². The highest BCUT2D eigenvalue weighted by Gasteiger charge is 2.12. The summed E-state index contributed by atoms with van der Waals surface area (Å²) in [4.78, 5) is 10.8. The van der Waals surface area contributed by atoms with Crippen molar-refractivity contribution in [2.75, 3.05) is 0 Å². The van der Waals surface area contributed by atoms with E-state index in [2.05, 4.69) is 15.0 Å². The van der Waals surface area contributed by atoms with Gasteiger partial charge in [-0.15, -0.1) is 0 Å². The van der Waals surface area contributed by atoms with Crippen molar-refractivity contribution in [1.29, 1.82) is 0 Å². The second kappa shape index (κ2) is 4.14. The van der Waals surface area contributed by atoms with Gasteiger partial charge < -0.3 is 15.7 Å². The Morgan fingerprint density at radius 3 is 2.81 bits per heavy atom. The Hall–Kier alpha value is -1.55. The number of aromatic amines is 2. The molecule has 4 nitrogen and oxygen atoms in total. The van der Waals surface area contributed by atoms with Gasteiger partial charge in [0.1, 0.15) is 5.82 Å². The molecular formula is C12H18N4. The number of H-pyrrole nitrogens is 2. The molecule has 0 aliphatic rings. The molecule has 4 N–H and O–H groups in total. The van der Waals surface area contributed by atoms with Gasteiger partial charge in [-0.05, 0) is 32.4 Å². The normalized spacial score (nSPS) is 11.9. The van der Waals surface area contributed by atoms with Crippen LogP contribution in [-0.4, -0.2) is 20.5 Å². The van der Waals surface area contributed by atoms with Crippen LogP contribution in [0.25, 0.3) is 11.4 Å². The SMILES string of the molecule is CC(C)(N)CCc1ncc(-c2ccc[nH]2)[nH]1. The molecule has 0 aliphatic carbocycles. The number of aromatic nitrogens is 3. The van der Waals surface area contributed by atoms with Crippen LogP contribution in [0.1, 0.15) is 26.1 Å². The first-order valence-corrected chi connectivity index (χ1v) is 5.51. The number of hydrogen-bond acceptors (Lipinski definition) is 2. The van der Waals surface area contributed by atoms with E-state index in [0.29, 0.717) is 0 Å². The average Bonchev–Trinajstić information content (AvgIpc) is 2.84. The van der Waals surface area contributed by atoms with E-state index in [1.807, 2.05) is 38.4 Å². The van der Waals surface area contributed by atoms with E-state index < -0.39 is 0 Å². The molecule has 0 aliphatic heterocycles. The van der Waals surface area contributed by atoms with E-state index >= 15 is 0 Å². The molecule has 0 amide bonds. The van der Waals surface area contributed by atoms with Crippen molar-refractivity contribution in [2.24, 2.45) is 5.73 Å². The summed E-state index contributed by atoms with van der Waals surface area (Å²) in [5, 5.41) is 0. The Kier molecular flexibility index (Phi) is 2.83. The number of nitrogens with one attached hydrogen (secondary N) is 2. The lowest BCUT2D eigenvalue weighted by molar-refractivity contribution is 0.472. The summed E-state index contributed by atoms with van der Waals surface area (Å²) >= 11 is 0. The van der Waals surface area contributed by atoms with Gasteiger partial charge in [-0.2, -0.15) is 0 Å². The third-order valence-electron chi connectivity index (χ3n) is 2.52. The van der Waals surface area contributed by atoms with Crippen LogP contribution in [0.3, 0.4) is 0 Å². The monoisotopic (exact) mass is 218 g/mol. The number of nitrogens with zero attached hydrogens (tertiary/aromatic N) is 1. The minimum absolute atomic E-state index is 0.139. The Morgan fingerprint density at radius 1 is 1.38 bits per heavy atom. The van der Waals surface area contributed by atoms with Gasteiger partial charge in [0.25, 0.3) is 0 Å². The average molecular weight is 218 g/mol. The summed E-state index contributed by atoms with van der Waals surface area (Å²) in [7, 11) is 0. The molecule has 0 aromatic carbocycles. The molecule has 0 atom stereocenters. The Bertz CT molecular complexity index is 434. The van der Waals surface area contributed by atoms with Crippen molar-refractivity contribution in [3.05, 3.63) is 30.4 Å². The molecule has 86 valence electrons. The number of aryl methyl sites for hydroxylation is 1. The first-order valence-electron chi connectivity index (χ1n) is 5.51. The van der Waals surface area contributed by atoms with Crippen molar-refractivity contribution in [3.63, 3.8) is 0 Å². The zero-order valence-corrected chi connectivity index (χ0v) is 9.75. The third kappa shape index (κ3) is 2.73. The van der Waals surface area contributed by atoms with Gasteiger partial charge in [0, 0.05) is 18.2 Å². The number of hydrogen-bond donors (Lipinski definition) is 3. The van der Waals surface area contributed by atoms with E-state index in [9.17, 15) is 0 Å². The standard InChI is InChI=1S/C12H18N4/c1-12(2,13)6-5-11-15-8-10(16-11)9-4-3-7-14-9/h3-4,7-8,14H,5-6,13H2,1-2H3,(H,15,16). The van der Waals surface area contributed by atoms with Gasteiger partial charge in [-0.3, -0.25) is 0 Å². The molecule has 2 heterocycles. The van der Waals surface area contributed by atoms with Gasteiger partial charge in [0.05, 0.1) is 17.6 Å². The molecule has 0 saturated heterocycles. The van der Waals surface area contributed by atoms with E-state index in [1.165, 1.54) is 0 Å². The lowest BCUT2D eigenvalue weighted by Crippen LogP contribution is -2.32. The maximum Gasteiger partial charge on any atom is 0.106 e. The molecule has 0 spiro atoms. The molecule has 0 bridgehead atoms. The molecule has 16 heavy (non-hydrogen) atoms. The van der Waals surface area contributed by atoms with Crippen LogP contribution in [0.15, 0.2) is 24.5 Å². The second-order valence-electron chi connectivity index (χ2n) is 4.82. The van der Waals surface area contributed by atoms with Crippen LogP contribution in [0.2, 0.25) is 0 Å². The van der Waals surface area contributed by atoms with Crippen LogP contribution in [0.4, 0.5) is 0 Å². The van der Waals surface area contributed by atoms with E-state index in [0.717, 1.165) is 30.1 Å². The molecular weight excluding hydrogens is 200 g/mol. The molecule has 0 fully saturated rings. The zero-order valence-electron chi connectivity index (χ0n) is 9.75.